The predicted octanol–water partition coefficient (Wildman–Crippen LogP) is 2.81. The summed E-state index contributed by atoms with van der Waals surface area (Å²) in [5.74, 6) is -0.165. The highest BCUT2D eigenvalue weighted by molar-refractivity contribution is 7.18. The van der Waals surface area contributed by atoms with Crippen molar-refractivity contribution in [1.29, 1.82) is 0 Å². The molecule has 0 amide bonds. The number of benzene rings is 1. The number of carbonyl (C=O) groups is 1. The van der Waals surface area contributed by atoms with Gasteiger partial charge < -0.3 is 5.11 Å². The molecule has 2 aromatic rings. The Balaban J connectivity index is 2.16. The first-order valence-electron chi connectivity index (χ1n) is 5.93. The molecule has 0 bridgehead atoms. The van der Waals surface area contributed by atoms with Crippen LogP contribution in [0.3, 0.4) is 0 Å². The van der Waals surface area contributed by atoms with Crippen molar-refractivity contribution in [2.24, 2.45) is 5.41 Å². The van der Waals surface area contributed by atoms with Crippen LogP contribution in [0.1, 0.15) is 25.8 Å². The maximum Gasteiger partial charge on any atom is 0.168 e. The van der Waals surface area contributed by atoms with Crippen molar-refractivity contribution in [3.8, 4) is 0 Å². The van der Waals surface area contributed by atoms with Crippen molar-refractivity contribution in [3.63, 3.8) is 0 Å². The van der Waals surface area contributed by atoms with Crippen LogP contribution >= 0.6 is 11.3 Å². The number of ketones is 1. The van der Waals surface area contributed by atoms with Gasteiger partial charge >= 0.3 is 0 Å². The minimum absolute atomic E-state index is 0.165. The molecule has 1 aromatic heterocycles. The first kappa shape index (κ1) is 13.2. The fourth-order valence-electron chi connectivity index (χ4n) is 1.72. The zero-order valence-electron chi connectivity index (χ0n) is 10.8. The first-order chi connectivity index (χ1) is 8.38. The molecule has 0 saturated carbocycles. The van der Waals surface area contributed by atoms with Gasteiger partial charge in [0.25, 0.3) is 0 Å². The van der Waals surface area contributed by atoms with E-state index in [1.54, 1.807) is 0 Å². The summed E-state index contributed by atoms with van der Waals surface area (Å²) >= 11 is 1.51. The SMILES string of the molecule is CC(C)(C)C(O)C(=O)Cc1nc2ccccc2s1. The van der Waals surface area contributed by atoms with Gasteiger partial charge in [-0.2, -0.15) is 0 Å². The first-order valence-corrected chi connectivity index (χ1v) is 6.75. The van der Waals surface area contributed by atoms with Gasteiger partial charge in [0, 0.05) is 0 Å². The fourth-order valence-corrected chi connectivity index (χ4v) is 2.70. The van der Waals surface area contributed by atoms with Crippen molar-refractivity contribution in [2.45, 2.75) is 33.3 Å². The molecular formula is C14H17NO2S. The molecule has 96 valence electrons. The van der Waals surface area contributed by atoms with E-state index in [2.05, 4.69) is 4.98 Å². The molecule has 1 atom stereocenters. The van der Waals surface area contributed by atoms with Crippen LogP contribution in [0.2, 0.25) is 0 Å². The lowest BCUT2D eigenvalue weighted by molar-refractivity contribution is -0.131. The number of rotatable bonds is 3. The molecule has 18 heavy (non-hydrogen) atoms. The molecule has 4 heteroatoms. The number of aromatic nitrogens is 1. The molecule has 0 aliphatic carbocycles. The van der Waals surface area contributed by atoms with Crippen LogP contribution in [0.25, 0.3) is 10.2 Å². The summed E-state index contributed by atoms with van der Waals surface area (Å²) in [5, 5.41) is 10.7. The smallest absolute Gasteiger partial charge is 0.168 e. The molecule has 1 N–H and O–H groups in total. The fraction of sp³-hybridized carbons (Fsp3) is 0.429. The van der Waals surface area contributed by atoms with Crippen molar-refractivity contribution in [2.75, 3.05) is 0 Å². The molecule has 0 fully saturated rings. The third-order valence-corrected chi connectivity index (χ3v) is 3.83. The van der Waals surface area contributed by atoms with Crippen LogP contribution in [-0.2, 0) is 11.2 Å². The molecule has 1 aromatic carbocycles. The Labute approximate surface area is 110 Å². The van der Waals surface area contributed by atoms with E-state index >= 15 is 0 Å². The largest absolute Gasteiger partial charge is 0.385 e. The van der Waals surface area contributed by atoms with E-state index in [4.69, 9.17) is 0 Å². The van der Waals surface area contributed by atoms with Crippen molar-refractivity contribution in [1.82, 2.24) is 4.98 Å². The summed E-state index contributed by atoms with van der Waals surface area (Å²) in [6.45, 7) is 5.57. The number of nitrogens with zero attached hydrogens (tertiary/aromatic N) is 1. The number of Topliss-reactive ketones (excluding diaryl/α,β-unsaturated/α-hetero) is 1. The summed E-state index contributed by atoms with van der Waals surface area (Å²) in [5.41, 5.74) is 0.490. The van der Waals surface area contributed by atoms with E-state index in [1.165, 1.54) is 11.3 Å². The Morgan fingerprint density at radius 3 is 2.67 bits per heavy atom. The second-order valence-electron chi connectivity index (χ2n) is 5.49. The third-order valence-electron chi connectivity index (χ3n) is 2.79. The highest BCUT2D eigenvalue weighted by Crippen LogP contribution is 2.25. The minimum Gasteiger partial charge on any atom is -0.385 e. The highest BCUT2D eigenvalue weighted by atomic mass is 32.1. The monoisotopic (exact) mass is 263 g/mol. The standard InChI is InChI=1S/C14H17NO2S/c1-14(2,3)13(17)10(16)8-12-15-9-6-4-5-7-11(9)18-12/h4-7,13,17H,8H2,1-3H3. The number of thiazole rings is 1. The average Bonchev–Trinajstić information content (AvgIpc) is 2.68. The van der Waals surface area contributed by atoms with E-state index in [-0.39, 0.29) is 12.2 Å². The minimum atomic E-state index is -0.940. The molecule has 1 heterocycles. The number of fused-ring (bicyclic) bond motifs is 1. The molecule has 0 saturated heterocycles. The van der Waals surface area contributed by atoms with E-state index in [9.17, 15) is 9.90 Å². The second-order valence-corrected chi connectivity index (χ2v) is 6.60. The molecule has 0 spiro atoms. The van der Waals surface area contributed by atoms with E-state index in [0.29, 0.717) is 0 Å². The lowest BCUT2D eigenvalue weighted by Crippen LogP contribution is -2.35. The van der Waals surface area contributed by atoms with Crippen LogP contribution in [0.15, 0.2) is 24.3 Å². The van der Waals surface area contributed by atoms with Gasteiger partial charge in [-0.05, 0) is 17.5 Å². The highest BCUT2D eigenvalue weighted by Gasteiger charge is 2.29. The molecule has 2 rings (SSSR count). The Morgan fingerprint density at radius 2 is 2.06 bits per heavy atom. The Bertz CT molecular complexity index is 535. The molecular weight excluding hydrogens is 246 g/mol. The molecule has 1 unspecified atom stereocenters. The summed E-state index contributed by atoms with van der Waals surface area (Å²) in [6.07, 6.45) is -0.734. The summed E-state index contributed by atoms with van der Waals surface area (Å²) in [7, 11) is 0. The van der Waals surface area contributed by atoms with Gasteiger partial charge in [-0.25, -0.2) is 4.98 Å². The maximum absolute atomic E-state index is 12.0. The summed E-state index contributed by atoms with van der Waals surface area (Å²) < 4.78 is 1.07. The second kappa shape index (κ2) is 4.78. The Kier molecular flexibility index (Phi) is 3.50. The number of hydrogen-bond donors (Lipinski definition) is 1. The number of carbonyl (C=O) groups excluding carboxylic acids is 1. The molecule has 3 nitrogen and oxygen atoms in total. The van der Waals surface area contributed by atoms with Crippen molar-refractivity contribution >= 4 is 27.3 Å². The van der Waals surface area contributed by atoms with Crippen LogP contribution in [0, 0.1) is 5.41 Å². The van der Waals surface area contributed by atoms with Crippen molar-refractivity contribution < 1.29 is 9.90 Å². The van der Waals surface area contributed by atoms with Gasteiger partial charge in [0.05, 0.1) is 16.6 Å². The van der Waals surface area contributed by atoms with Crippen LogP contribution in [0.4, 0.5) is 0 Å². The number of hydrogen-bond acceptors (Lipinski definition) is 4. The van der Waals surface area contributed by atoms with E-state index in [1.807, 2.05) is 45.0 Å². The van der Waals surface area contributed by atoms with E-state index < -0.39 is 11.5 Å². The van der Waals surface area contributed by atoms with Crippen molar-refractivity contribution in [3.05, 3.63) is 29.3 Å². The van der Waals surface area contributed by atoms with Gasteiger partial charge in [0.2, 0.25) is 0 Å². The molecule has 0 aliphatic rings. The summed E-state index contributed by atoms with van der Waals surface area (Å²) in [6, 6.07) is 7.80. The van der Waals surface area contributed by atoms with Crippen LogP contribution in [-0.4, -0.2) is 22.0 Å². The summed E-state index contributed by atoms with van der Waals surface area (Å²) in [4.78, 5) is 16.4. The average molecular weight is 263 g/mol. The predicted molar refractivity (Wildman–Crippen MR) is 73.8 cm³/mol. The van der Waals surface area contributed by atoms with Gasteiger partial charge in [-0.3, -0.25) is 4.79 Å². The van der Waals surface area contributed by atoms with E-state index in [0.717, 1.165) is 15.2 Å². The van der Waals surface area contributed by atoms with Crippen LogP contribution < -0.4 is 0 Å². The lowest BCUT2D eigenvalue weighted by Gasteiger charge is -2.24. The zero-order chi connectivity index (χ0) is 13.3. The maximum atomic E-state index is 12.0. The lowest BCUT2D eigenvalue weighted by atomic mass is 9.86. The number of aliphatic hydroxyl groups excluding tert-OH is 1. The number of para-hydroxylation sites is 1. The Morgan fingerprint density at radius 1 is 1.39 bits per heavy atom. The molecule has 0 aliphatic heterocycles. The Hall–Kier alpha value is -1.26. The normalized spacial score (nSPS) is 13.8. The quantitative estimate of drug-likeness (QED) is 0.926. The number of aliphatic hydroxyl groups is 1. The van der Waals surface area contributed by atoms with Gasteiger partial charge in [0.15, 0.2) is 5.78 Å². The van der Waals surface area contributed by atoms with Gasteiger partial charge in [-0.15, -0.1) is 11.3 Å². The third kappa shape index (κ3) is 2.76. The molecule has 0 radical (unpaired) electrons. The topological polar surface area (TPSA) is 50.2 Å². The van der Waals surface area contributed by atoms with Gasteiger partial charge in [0.1, 0.15) is 11.1 Å². The van der Waals surface area contributed by atoms with Gasteiger partial charge in [-0.1, -0.05) is 32.9 Å². The van der Waals surface area contributed by atoms with Crippen LogP contribution in [0.5, 0.6) is 0 Å². The zero-order valence-corrected chi connectivity index (χ0v) is 11.6.